The lowest BCUT2D eigenvalue weighted by Gasteiger charge is -2.07. The van der Waals surface area contributed by atoms with Crippen LogP contribution in [-0.2, 0) is 14.2 Å². The number of hydrazine groups is 1. The third-order valence-electron chi connectivity index (χ3n) is 1.94. The average molecular weight is 262 g/mol. The third-order valence-corrected chi connectivity index (χ3v) is 1.94. The number of ether oxygens (including phenoxy) is 3. The van der Waals surface area contributed by atoms with E-state index in [0.29, 0.717) is 46.2 Å². The van der Waals surface area contributed by atoms with Gasteiger partial charge >= 0.3 is 0 Å². The second kappa shape index (κ2) is 14.2. The van der Waals surface area contributed by atoms with Gasteiger partial charge in [-0.15, -0.1) is 0 Å². The van der Waals surface area contributed by atoms with E-state index in [2.05, 4.69) is 10.7 Å². The van der Waals surface area contributed by atoms with Gasteiger partial charge in [-0.05, 0) is 6.92 Å². The standard InChI is InChI=1S/C11H26N4O3/c1-11(15-13)10-14-3-5-17-7-9-18-8-6-16-4-2-12/h10,14-15H,2-9,12-13H2,1H3/b11-10-. The number of allylic oxidation sites excluding steroid dienone is 1. The molecule has 0 fully saturated rings. The number of rotatable bonds is 13. The van der Waals surface area contributed by atoms with E-state index >= 15 is 0 Å². The first-order valence-corrected chi connectivity index (χ1v) is 6.11. The molecule has 0 atom stereocenters. The SMILES string of the molecule is C/C(=C/NCCOCCOCCOCCN)NN. The molecule has 108 valence electrons. The monoisotopic (exact) mass is 262 g/mol. The largest absolute Gasteiger partial charge is 0.387 e. The molecule has 0 aliphatic heterocycles. The first kappa shape index (κ1) is 17.1. The maximum Gasteiger partial charge on any atom is 0.0701 e. The number of nitrogens with one attached hydrogen (secondary N) is 2. The normalized spacial score (nSPS) is 11.6. The van der Waals surface area contributed by atoms with Crippen molar-refractivity contribution in [1.29, 1.82) is 0 Å². The number of nitrogens with two attached hydrogens (primary N) is 2. The number of hydrogen-bond acceptors (Lipinski definition) is 7. The first-order chi connectivity index (χ1) is 8.81. The summed E-state index contributed by atoms with van der Waals surface area (Å²) in [5, 5.41) is 3.06. The zero-order valence-electron chi connectivity index (χ0n) is 11.1. The Morgan fingerprint density at radius 1 is 1.00 bits per heavy atom. The fourth-order valence-corrected chi connectivity index (χ4v) is 1.02. The van der Waals surface area contributed by atoms with Crippen LogP contribution in [-0.4, -0.2) is 52.7 Å². The molecule has 18 heavy (non-hydrogen) atoms. The predicted octanol–water partition coefficient (Wildman–Crippen LogP) is -1.09. The van der Waals surface area contributed by atoms with Gasteiger partial charge < -0.3 is 30.7 Å². The summed E-state index contributed by atoms with van der Waals surface area (Å²) in [4.78, 5) is 0. The highest BCUT2D eigenvalue weighted by molar-refractivity contribution is 4.91. The molecule has 0 aliphatic rings. The van der Waals surface area contributed by atoms with Gasteiger partial charge in [0.15, 0.2) is 0 Å². The van der Waals surface area contributed by atoms with Crippen molar-refractivity contribution in [3.8, 4) is 0 Å². The van der Waals surface area contributed by atoms with Crippen molar-refractivity contribution in [1.82, 2.24) is 10.7 Å². The molecule has 7 nitrogen and oxygen atoms in total. The molecule has 0 rings (SSSR count). The van der Waals surface area contributed by atoms with Crippen LogP contribution in [0.25, 0.3) is 0 Å². The summed E-state index contributed by atoms with van der Waals surface area (Å²) in [6.07, 6.45) is 1.80. The minimum atomic E-state index is 0.545. The molecule has 6 N–H and O–H groups in total. The van der Waals surface area contributed by atoms with Gasteiger partial charge in [-0.2, -0.15) is 0 Å². The minimum absolute atomic E-state index is 0.545. The van der Waals surface area contributed by atoms with E-state index in [-0.39, 0.29) is 0 Å². The van der Waals surface area contributed by atoms with Gasteiger partial charge in [0.1, 0.15) is 0 Å². The summed E-state index contributed by atoms with van der Waals surface area (Å²) in [5.41, 5.74) is 8.66. The topological polar surface area (TPSA) is 104 Å². The Morgan fingerprint density at radius 3 is 2.11 bits per heavy atom. The fourth-order valence-electron chi connectivity index (χ4n) is 1.02. The zero-order chi connectivity index (χ0) is 13.5. The van der Waals surface area contributed by atoms with Gasteiger partial charge in [0, 0.05) is 25.0 Å². The van der Waals surface area contributed by atoms with Gasteiger partial charge in [-0.25, -0.2) is 0 Å². The van der Waals surface area contributed by atoms with Crippen LogP contribution in [0, 0.1) is 0 Å². The molecular formula is C11H26N4O3. The van der Waals surface area contributed by atoms with Gasteiger partial charge in [-0.1, -0.05) is 0 Å². The van der Waals surface area contributed by atoms with E-state index < -0.39 is 0 Å². The maximum absolute atomic E-state index is 5.35. The Morgan fingerprint density at radius 2 is 1.56 bits per heavy atom. The first-order valence-electron chi connectivity index (χ1n) is 6.11. The maximum atomic E-state index is 5.35. The van der Waals surface area contributed by atoms with Crippen molar-refractivity contribution in [2.24, 2.45) is 11.6 Å². The summed E-state index contributed by atoms with van der Waals surface area (Å²) in [6, 6.07) is 0. The Labute approximate surface area is 109 Å². The zero-order valence-corrected chi connectivity index (χ0v) is 11.1. The highest BCUT2D eigenvalue weighted by Crippen LogP contribution is 1.81. The molecule has 0 aromatic carbocycles. The van der Waals surface area contributed by atoms with E-state index in [0.717, 1.165) is 12.2 Å². The molecule has 7 heteroatoms. The Bertz CT molecular complexity index is 203. The highest BCUT2D eigenvalue weighted by Gasteiger charge is 1.91. The summed E-state index contributed by atoms with van der Waals surface area (Å²) < 4.78 is 15.8. The molecule has 0 saturated heterocycles. The Kier molecular flexibility index (Phi) is 13.5. The van der Waals surface area contributed by atoms with Crippen LogP contribution in [0.5, 0.6) is 0 Å². The van der Waals surface area contributed by atoms with Crippen LogP contribution in [0.4, 0.5) is 0 Å². The van der Waals surface area contributed by atoms with Crippen LogP contribution < -0.4 is 22.3 Å². The smallest absolute Gasteiger partial charge is 0.0701 e. The van der Waals surface area contributed by atoms with Gasteiger partial charge in [0.05, 0.1) is 39.6 Å². The van der Waals surface area contributed by atoms with Crippen molar-refractivity contribution in [3.63, 3.8) is 0 Å². The molecule has 0 aromatic heterocycles. The van der Waals surface area contributed by atoms with E-state index in [1.54, 1.807) is 6.20 Å². The van der Waals surface area contributed by atoms with Crippen molar-refractivity contribution in [3.05, 3.63) is 11.9 Å². The quantitative estimate of drug-likeness (QED) is 0.190. The number of hydrogen-bond donors (Lipinski definition) is 4. The van der Waals surface area contributed by atoms with E-state index in [9.17, 15) is 0 Å². The second-order valence-corrected chi connectivity index (χ2v) is 3.55. The summed E-state index contributed by atoms with van der Waals surface area (Å²) >= 11 is 0. The molecule has 0 heterocycles. The summed E-state index contributed by atoms with van der Waals surface area (Å²) in [5.74, 6) is 5.19. The Balaban J connectivity index is 3.03. The van der Waals surface area contributed by atoms with Crippen molar-refractivity contribution >= 4 is 0 Å². The molecule has 0 spiro atoms. The van der Waals surface area contributed by atoms with Crippen LogP contribution in [0.1, 0.15) is 6.92 Å². The predicted molar refractivity (Wildman–Crippen MR) is 70.6 cm³/mol. The molecular weight excluding hydrogens is 236 g/mol. The minimum Gasteiger partial charge on any atom is -0.387 e. The van der Waals surface area contributed by atoms with Gasteiger partial charge in [-0.3, -0.25) is 5.84 Å². The molecule has 0 unspecified atom stereocenters. The van der Waals surface area contributed by atoms with E-state index in [1.165, 1.54) is 0 Å². The lowest BCUT2D eigenvalue weighted by atomic mass is 10.5. The molecule has 0 radical (unpaired) electrons. The highest BCUT2D eigenvalue weighted by atomic mass is 16.5. The van der Waals surface area contributed by atoms with Crippen molar-refractivity contribution in [2.75, 3.05) is 52.7 Å². The van der Waals surface area contributed by atoms with Crippen molar-refractivity contribution < 1.29 is 14.2 Å². The second-order valence-electron chi connectivity index (χ2n) is 3.55. The van der Waals surface area contributed by atoms with Crippen LogP contribution in [0.3, 0.4) is 0 Å². The fraction of sp³-hybridized carbons (Fsp3) is 0.818. The lowest BCUT2D eigenvalue weighted by Crippen LogP contribution is -2.23. The lowest BCUT2D eigenvalue weighted by molar-refractivity contribution is 0.0169. The summed E-state index contributed by atoms with van der Waals surface area (Å²) in [6.45, 7) is 6.66. The summed E-state index contributed by atoms with van der Waals surface area (Å²) in [7, 11) is 0. The molecule has 0 aliphatic carbocycles. The van der Waals surface area contributed by atoms with Gasteiger partial charge in [0.2, 0.25) is 0 Å². The molecule has 0 amide bonds. The average Bonchev–Trinajstić information content (AvgIpc) is 2.39. The van der Waals surface area contributed by atoms with Crippen LogP contribution in [0.2, 0.25) is 0 Å². The molecule has 0 bridgehead atoms. The molecule has 0 saturated carbocycles. The van der Waals surface area contributed by atoms with Crippen LogP contribution in [0.15, 0.2) is 11.9 Å². The molecule has 0 aromatic rings. The van der Waals surface area contributed by atoms with Gasteiger partial charge in [0.25, 0.3) is 0 Å². The van der Waals surface area contributed by atoms with E-state index in [4.69, 9.17) is 25.8 Å². The van der Waals surface area contributed by atoms with E-state index in [1.807, 2.05) is 6.92 Å². The third kappa shape index (κ3) is 13.2. The Hall–Kier alpha value is -0.860. The van der Waals surface area contributed by atoms with Crippen LogP contribution >= 0.6 is 0 Å². The van der Waals surface area contributed by atoms with Crippen molar-refractivity contribution in [2.45, 2.75) is 6.92 Å².